The van der Waals surface area contributed by atoms with Crippen molar-refractivity contribution in [2.24, 2.45) is 5.92 Å². The third-order valence-electron chi connectivity index (χ3n) is 5.96. The van der Waals surface area contributed by atoms with E-state index in [1.165, 1.54) is 0 Å². The molecule has 0 bridgehead atoms. The van der Waals surface area contributed by atoms with Crippen LogP contribution in [0.3, 0.4) is 0 Å². The average molecular weight is 413 g/mol. The number of aromatic nitrogens is 1. The van der Waals surface area contributed by atoms with E-state index in [9.17, 15) is 13.2 Å². The van der Waals surface area contributed by atoms with Crippen LogP contribution in [0.4, 0.5) is 0 Å². The molecule has 28 heavy (non-hydrogen) atoms. The number of aryl methyl sites for hydroxylation is 2. The van der Waals surface area contributed by atoms with Crippen LogP contribution in [-0.2, 0) is 25.9 Å². The van der Waals surface area contributed by atoms with Crippen LogP contribution in [-0.4, -0.2) is 51.7 Å². The van der Waals surface area contributed by atoms with Gasteiger partial charge in [0.05, 0.1) is 25.0 Å². The third kappa shape index (κ3) is 5.23. The first-order chi connectivity index (χ1) is 13.3. The Balaban J connectivity index is 1.75. The van der Waals surface area contributed by atoms with E-state index in [1.807, 2.05) is 12.1 Å². The molecule has 1 saturated carbocycles. The molecule has 1 aliphatic carbocycles. The Bertz CT molecular complexity index is 827. The molecule has 3 rings (SSSR count). The normalized spacial score (nSPS) is 28.1. The molecule has 1 fully saturated rings. The Labute approximate surface area is 167 Å². The molecule has 0 spiro atoms. The number of hydrogen-bond acceptors (Lipinski definition) is 5. The first-order valence-corrected chi connectivity index (χ1v) is 12.0. The second kappa shape index (κ2) is 9.07. The van der Waals surface area contributed by atoms with Crippen molar-refractivity contribution in [3.05, 3.63) is 33.7 Å². The van der Waals surface area contributed by atoms with Crippen molar-refractivity contribution in [3.63, 3.8) is 0 Å². The lowest BCUT2D eigenvalue weighted by Gasteiger charge is -2.37. The summed E-state index contributed by atoms with van der Waals surface area (Å²) in [7, 11) is -1.64. The highest BCUT2D eigenvalue weighted by atomic mass is 32.2. The Morgan fingerprint density at radius 1 is 1.14 bits per heavy atom. The number of fused-ring (bicyclic) bond motifs is 1. The van der Waals surface area contributed by atoms with Gasteiger partial charge in [0.2, 0.25) is 10.0 Å². The molecule has 8 heteroatoms. The SMILES string of the molecule is COCC1CCC(OC[C@H]2[C@@H](NS(C)(=O)=O)CCc3ccc(C)c(=O)n32)CC1. The van der Waals surface area contributed by atoms with Gasteiger partial charge in [-0.1, -0.05) is 6.07 Å². The van der Waals surface area contributed by atoms with Crippen LogP contribution >= 0.6 is 0 Å². The van der Waals surface area contributed by atoms with Gasteiger partial charge in [0.1, 0.15) is 0 Å². The summed E-state index contributed by atoms with van der Waals surface area (Å²) in [6.45, 7) is 2.92. The molecule has 2 heterocycles. The van der Waals surface area contributed by atoms with E-state index >= 15 is 0 Å². The van der Waals surface area contributed by atoms with Crippen LogP contribution in [0.2, 0.25) is 0 Å². The zero-order chi connectivity index (χ0) is 20.3. The van der Waals surface area contributed by atoms with Crippen LogP contribution in [0.15, 0.2) is 16.9 Å². The molecular weight excluding hydrogens is 380 g/mol. The summed E-state index contributed by atoms with van der Waals surface area (Å²) in [4.78, 5) is 12.8. The second-order valence-corrected chi connectivity index (χ2v) is 10.00. The Hall–Kier alpha value is -1.22. The van der Waals surface area contributed by atoms with Crippen LogP contribution in [0.1, 0.15) is 49.4 Å². The summed E-state index contributed by atoms with van der Waals surface area (Å²) in [6.07, 6.45) is 6.73. The lowest BCUT2D eigenvalue weighted by Crippen LogP contribution is -2.49. The number of rotatable bonds is 7. The van der Waals surface area contributed by atoms with Crippen molar-refractivity contribution in [3.8, 4) is 0 Å². The van der Waals surface area contributed by atoms with Crippen molar-refractivity contribution in [2.75, 3.05) is 26.6 Å². The highest BCUT2D eigenvalue weighted by molar-refractivity contribution is 7.88. The first kappa shape index (κ1) is 21.5. The third-order valence-corrected chi connectivity index (χ3v) is 6.69. The van der Waals surface area contributed by atoms with Crippen molar-refractivity contribution < 1.29 is 17.9 Å². The maximum Gasteiger partial charge on any atom is 0.254 e. The number of nitrogens with one attached hydrogen (secondary N) is 1. The Morgan fingerprint density at radius 2 is 1.86 bits per heavy atom. The van der Waals surface area contributed by atoms with Gasteiger partial charge in [0, 0.05) is 31.0 Å². The van der Waals surface area contributed by atoms with Crippen LogP contribution in [0.25, 0.3) is 0 Å². The number of sulfonamides is 1. The van der Waals surface area contributed by atoms with Gasteiger partial charge < -0.3 is 14.0 Å². The van der Waals surface area contributed by atoms with Crippen molar-refractivity contribution in [1.82, 2.24) is 9.29 Å². The number of pyridine rings is 1. The number of nitrogens with zero attached hydrogens (tertiary/aromatic N) is 1. The molecular formula is C20H32N2O5S. The largest absolute Gasteiger partial charge is 0.384 e. The van der Waals surface area contributed by atoms with Gasteiger partial charge in [-0.3, -0.25) is 4.79 Å². The molecule has 0 amide bonds. The lowest BCUT2D eigenvalue weighted by molar-refractivity contribution is -0.0136. The molecule has 0 unspecified atom stereocenters. The van der Waals surface area contributed by atoms with E-state index in [1.54, 1.807) is 18.6 Å². The molecule has 1 aromatic heterocycles. The highest BCUT2D eigenvalue weighted by Crippen LogP contribution is 2.29. The zero-order valence-corrected chi connectivity index (χ0v) is 17.8. The van der Waals surface area contributed by atoms with Crippen molar-refractivity contribution in [2.45, 2.75) is 63.6 Å². The summed E-state index contributed by atoms with van der Waals surface area (Å²) in [5.41, 5.74) is 1.54. The predicted octanol–water partition coefficient (Wildman–Crippen LogP) is 1.78. The molecule has 158 valence electrons. The maximum absolute atomic E-state index is 12.8. The molecule has 0 aromatic carbocycles. The predicted molar refractivity (Wildman–Crippen MR) is 108 cm³/mol. The summed E-state index contributed by atoms with van der Waals surface area (Å²) in [6, 6.07) is 3.14. The smallest absolute Gasteiger partial charge is 0.254 e. The van der Waals surface area contributed by atoms with Gasteiger partial charge in [-0.05, 0) is 57.4 Å². The van der Waals surface area contributed by atoms with Gasteiger partial charge in [-0.25, -0.2) is 13.1 Å². The van der Waals surface area contributed by atoms with E-state index in [2.05, 4.69) is 4.72 Å². The topological polar surface area (TPSA) is 86.6 Å². The minimum Gasteiger partial charge on any atom is -0.384 e. The summed E-state index contributed by atoms with van der Waals surface area (Å²) in [5, 5.41) is 0. The van der Waals surface area contributed by atoms with E-state index in [0.717, 1.165) is 44.2 Å². The number of hydrogen-bond donors (Lipinski definition) is 1. The molecule has 2 atom stereocenters. The molecule has 0 saturated heterocycles. The first-order valence-electron chi connectivity index (χ1n) is 10.1. The summed E-state index contributed by atoms with van der Waals surface area (Å²) >= 11 is 0. The van der Waals surface area contributed by atoms with Crippen LogP contribution < -0.4 is 10.3 Å². The number of methoxy groups -OCH3 is 1. The van der Waals surface area contributed by atoms with Gasteiger partial charge in [-0.2, -0.15) is 0 Å². The molecule has 7 nitrogen and oxygen atoms in total. The molecule has 2 aliphatic rings. The van der Waals surface area contributed by atoms with Gasteiger partial charge in [0.25, 0.3) is 5.56 Å². The number of ether oxygens (including phenoxy) is 2. The maximum atomic E-state index is 12.8. The highest BCUT2D eigenvalue weighted by Gasteiger charge is 2.33. The molecule has 0 radical (unpaired) electrons. The van der Waals surface area contributed by atoms with Crippen molar-refractivity contribution >= 4 is 10.0 Å². The monoisotopic (exact) mass is 412 g/mol. The summed E-state index contributed by atoms with van der Waals surface area (Å²) < 4.78 is 39.7. The minimum absolute atomic E-state index is 0.0603. The second-order valence-electron chi connectivity index (χ2n) is 8.22. The lowest BCUT2D eigenvalue weighted by atomic mass is 9.88. The van der Waals surface area contributed by atoms with E-state index in [4.69, 9.17) is 9.47 Å². The Kier molecular flexibility index (Phi) is 6.96. The van der Waals surface area contributed by atoms with E-state index < -0.39 is 10.0 Å². The fourth-order valence-electron chi connectivity index (χ4n) is 4.48. The summed E-state index contributed by atoms with van der Waals surface area (Å²) in [5.74, 6) is 0.588. The van der Waals surface area contributed by atoms with Gasteiger partial charge in [0.15, 0.2) is 0 Å². The molecule has 1 N–H and O–H groups in total. The van der Waals surface area contributed by atoms with Crippen LogP contribution in [0, 0.1) is 12.8 Å². The molecule has 1 aromatic rings. The van der Waals surface area contributed by atoms with Crippen molar-refractivity contribution in [1.29, 1.82) is 0 Å². The van der Waals surface area contributed by atoms with Gasteiger partial charge in [-0.15, -0.1) is 0 Å². The minimum atomic E-state index is -3.37. The quantitative estimate of drug-likeness (QED) is 0.738. The standard InChI is InChI=1S/C20H32N2O5S/c1-14-4-7-16-8-11-18(21-28(3,24)25)19(22(16)20(14)23)13-27-17-9-5-15(6-10-17)12-26-2/h4,7,15,17-19,21H,5-6,8-13H2,1-3H3/t15?,17?,18-,19-/m0/s1. The Morgan fingerprint density at radius 3 is 2.50 bits per heavy atom. The van der Waals surface area contributed by atoms with Crippen LogP contribution in [0.5, 0.6) is 0 Å². The van der Waals surface area contributed by atoms with E-state index in [0.29, 0.717) is 30.9 Å². The molecule has 1 aliphatic heterocycles. The van der Waals surface area contributed by atoms with Gasteiger partial charge >= 0.3 is 0 Å². The van der Waals surface area contributed by atoms with E-state index in [-0.39, 0.29) is 23.7 Å². The zero-order valence-electron chi connectivity index (χ0n) is 17.0. The fourth-order valence-corrected chi connectivity index (χ4v) is 5.30. The average Bonchev–Trinajstić information content (AvgIpc) is 2.64. The fraction of sp³-hybridized carbons (Fsp3) is 0.750.